The van der Waals surface area contributed by atoms with Crippen LogP contribution in [0, 0.1) is 0 Å². The zero-order chi connectivity index (χ0) is 14.8. The third-order valence-corrected chi connectivity index (χ3v) is 5.39. The fourth-order valence-electron chi connectivity index (χ4n) is 3.32. The smallest absolute Gasteiger partial charge is 0.251 e. The van der Waals surface area contributed by atoms with E-state index in [4.69, 9.17) is 0 Å². The number of nitrogens with one attached hydrogen (secondary N) is 2. The van der Waals surface area contributed by atoms with Crippen molar-refractivity contribution in [2.45, 2.75) is 44.7 Å². The van der Waals surface area contributed by atoms with Crippen LogP contribution in [0.4, 0.5) is 0 Å². The SMILES string of the molecule is CCNC(=O)c1ccc(C(Br)=C2CC3CCC(C2)N3)cc1. The van der Waals surface area contributed by atoms with Crippen molar-refractivity contribution in [1.29, 1.82) is 0 Å². The molecule has 112 valence electrons. The zero-order valence-corrected chi connectivity index (χ0v) is 13.9. The fourth-order valence-corrected chi connectivity index (χ4v) is 3.90. The summed E-state index contributed by atoms with van der Waals surface area (Å²) in [7, 11) is 0. The highest BCUT2D eigenvalue weighted by atomic mass is 79.9. The Kier molecular flexibility index (Phi) is 4.45. The van der Waals surface area contributed by atoms with Crippen LogP contribution in [0.2, 0.25) is 0 Å². The van der Waals surface area contributed by atoms with Crippen molar-refractivity contribution >= 4 is 26.3 Å². The van der Waals surface area contributed by atoms with Gasteiger partial charge >= 0.3 is 0 Å². The molecule has 3 rings (SSSR count). The molecule has 1 aromatic rings. The topological polar surface area (TPSA) is 41.1 Å². The van der Waals surface area contributed by atoms with Crippen LogP contribution in [0.15, 0.2) is 29.8 Å². The maximum absolute atomic E-state index is 11.8. The first-order chi connectivity index (χ1) is 10.2. The van der Waals surface area contributed by atoms with E-state index in [9.17, 15) is 4.79 Å². The molecule has 4 heteroatoms. The standard InChI is InChI=1S/C17H21BrN2O/c1-2-19-17(21)12-5-3-11(4-6-12)16(18)13-9-14-7-8-15(10-13)20-14/h3-6,14-15,20H,2,7-10H2,1H3,(H,19,21). The van der Waals surface area contributed by atoms with E-state index in [0.717, 1.165) is 18.4 Å². The minimum atomic E-state index is -0.00673. The first-order valence-corrected chi connectivity index (χ1v) is 8.49. The average molecular weight is 349 g/mol. The molecule has 2 N–H and O–H groups in total. The molecule has 0 spiro atoms. The van der Waals surface area contributed by atoms with E-state index in [-0.39, 0.29) is 5.91 Å². The van der Waals surface area contributed by atoms with E-state index in [1.54, 1.807) is 0 Å². The summed E-state index contributed by atoms with van der Waals surface area (Å²) in [6, 6.07) is 9.18. The molecule has 2 saturated heterocycles. The Labute approximate surface area is 134 Å². The molecule has 2 unspecified atom stereocenters. The molecule has 1 aromatic carbocycles. The second-order valence-electron chi connectivity index (χ2n) is 5.90. The van der Waals surface area contributed by atoms with E-state index >= 15 is 0 Å². The van der Waals surface area contributed by atoms with Crippen LogP contribution in [0.25, 0.3) is 4.48 Å². The molecule has 2 fully saturated rings. The van der Waals surface area contributed by atoms with Gasteiger partial charge in [0.2, 0.25) is 0 Å². The van der Waals surface area contributed by atoms with Crippen LogP contribution in [0.1, 0.15) is 48.5 Å². The zero-order valence-electron chi connectivity index (χ0n) is 12.3. The molecule has 2 heterocycles. The van der Waals surface area contributed by atoms with Gasteiger partial charge in [-0.2, -0.15) is 0 Å². The van der Waals surface area contributed by atoms with Crippen LogP contribution >= 0.6 is 15.9 Å². The number of fused-ring (bicyclic) bond motifs is 2. The molecule has 2 atom stereocenters. The fraction of sp³-hybridized carbons (Fsp3) is 0.471. The maximum Gasteiger partial charge on any atom is 0.251 e. The second-order valence-corrected chi connectivity index (χ2v) is 6.69. The third-order valence-electron chi connectivity index (χ3n) is 4.37. The highest BCUT2D eigenvalue weighted by Crippen LogP contribution is 2.37. The molecule has 0 aromatic heterocycles. The van der Waals surface area contributed by atoms with Gasteiger partial charge in [0.15, 0.2) is 0 Å². The van der Waals surface area contributed by atoms with Gasteiger partial charge in [-0.05, 0) is 50.3 Å². The van der Waals surface area contributed by atoms with Crippen molar-refractivity contribution in [3.8, 4) is 0 Å². The molecule has 21 heavy (non-hydrogen) atoms. The Morgan fingerprint density at radius 3 is 2.33 bits per heavy atom. The minimum absolute atomic E-state index is 0.00673. The van der Waals surface area contributed by atoms with Gasteiger partial charge < -0.3 is 10.6 Å². The molecule has 1 amide bonds. The summed E-state index contributed by atoms with van der Waals surface area (Å²) in [5, 5.41) is 6.48. The van der Waals surface area contributed by atoms with Gasteiger partial charge in [-0.25, -0.2) is 0 Å². The number of piperidine rings is 1. The molecular formula is C17H21BrN2O. The Hall–Kier alpha value is -1.13. The molecule has 0 saturated carbocycles. The van der Waals surface area contributed by atoms with Gasteiger partial charge in [0, 0.05) is 28.7 Å². The molecular weight excluding hydrogens is 328 g/mol. The monoisotopic (exact) mass is 348 g/mol. The van der Waals surface area contributed by atoms with Crippen molar-refractivity contribution in [3.63, 3.8) is 0 Å². The Balaban J connectivity index is 1.78. The van der Waals surface area contributed by atoms with Crippen LogP contribution in [0.5, 0.6) is 0 Å². The third kappa shape index (κ3) is 3.22. The summed E-state index contributed by atoms with van der Waals surface area (Å²) >= 11 is 3.77. The Bertz CT molecular complexity index is 551. The number of hydrogen-bond donors (Lipinski definition) is 2. The van der Waals surface area contributed by atoms with Crippen molar-refractivity contribution in [3.05, 3.63) is 41.0 Å². The van der Waals surface area contributed by atoms with Gasteiger partial charge in [0.25, 0.3) is 5.91 Å². The predicted molar refractivity (Wildman–Crippen MR) is 89.5 cm³/mol. The van der Waals surface area contributed by atoms with Gasteiger partial charge in [-0.3, -0.25) is 4.79 Å². The van der Waals surface area contributed by atoms with Crippen molar-refractivity contribution in [2.24, 2.45) is 0 Å². The lowest BCUT2D eigenvalue weighted by atomic mass is 9.96. The minimum Gasteiger partial charge on any atom is -0.352 e. The number of hydrogen-bond acceptors (Lipinski definition) is 2. The van der Waals surface area contributed by atoms with E-state index < -0.39 is 0 Å². The molecule has 0 radical (unpaired) electrons. The van der Waals surface area contributed by atoms with E-state index in [2.05, 4.69) is 26.6 Å². The normalized spacial score (nSPS) is 24.0. The highest BCUT2D eigenvalue weighted by Gasteiger charge is 2.31. The van der Waals surface area contributed by atoms with Gasteiger partial charge in [-0.1, -0.05) is 33.6 Å². The summed E-state index contributed by atoms with van der Waals surface area (Å²) < 4.78 is 1.21. The predicted octanol–water partition coefficient (Wildman–Crippen LogP) is 3.46. The molecule has 3 nitrogen and oxygen atoms in total. The highest BCUT2D eigenvalue weighted by molar-refractivity contribution is 9.15. The second kappa shape index (κ2) is 6.32. The van der Waals surface area contributed by atoms with Crippen molar-refractivity contribution in [1.82, 2.24) is 10.6 Å². The quantitative estimate of drug-likeness (QED) is 0.878. The van der Waals surface area contributed by atoms with Crippen LogP contribution in [-0.4, -0.2) is 24.5 Å². The van der Waals surface area contributed by atoms with E-state index in [0.29, 0.717) is 18.6 Å². The van der Waals surface area contributed by atoms with Crippen molar-refractivity contribution in [2.75, 3.05) is 6.54 Å². The van der Waals surface area contributed by atoms with Crippen LogP contribution < -0.4 is 10.6 Å². The Morgan fingerprint density at radius 2 is 1.76 bits per heavy atom. The van der Waals surface area contributed by atoms with Gasteiger partial charge in [-0.15, -0.1) is 0 Å². The molecule has 2 aliphatic heterocycles. The number of amides is 1. The van der Waals surface area contributed by atoms with E-state index in [1.807, 2.05) is 31.2 Å². The lowest BCUT2D eigenvalue weighted by molar-refractivity contribution is 0.0956. The number of rotatable bonds is 3. The number of carbonyl (C=O) groups excluding carboxylic acids is 1. The number of benzene rings is 1. The molecule has 0 aliphatic carbocycles. The van der Waals surface area contributed by atoms with Gasteiger partial charge in [0.05, 0.1) is 0 Å². The summed E-state index contributed by atoms with van der Waals surface area (Å²) in [4.78, 5) is 11.8. The Morgan fingerprint density at radius 1 is 1.19 bits per heavy atom. The van der Waals surface area contributed by atoms with E-state index in [1.165, 1.54) is 28.5 Å². The van der Waals surface area contributed by atoms with Crippen LogP contribution in [0.3, 0.4) is 0 Å². The van der Waals surface area contributed by atoms with Crippen molar-refractivity contribution < 1.29 is 4.79 Å². The molecule has 2 bridgehead atoms. The van der Waals surface area contributed by atoms with Crippen LogP contribution in [-0.2, 0) is 0 Å². The average Bonchev–Trinajstić information content (AvgIpc) is 2.85. The van der Waals surface area contributed by atoms with Gasteiger partial charge in [0.1, 0.15) is 0 Å². The first-order valence-electron chi connectivity index (χ1n) is 7.69. The summed E-state index contributed by atoms with van der Waals surface area (Å²) in [5.41, 5.74) is 3.39. The molecule has 2 aliphatic rings. The largest absolute Gasteiger partial charge is 0.352 e. The number of carbonyl (C=O) groups is 1. The summed E-state index contributed by atoms with van der Waals surface area (Å²) in [5.74, 6) is -0.00673. The first kappa shape index (κ1) is 14.8. The summed E-state index contributed by atoms with van der Waals surface area (Å²) in [6.45, 7) is 2.59. The summed E-state index contributed by atoms with van der Waals surface area (Å²) in [6.07, 6.45) is 4.86. The number of halogens is 1. The maximum atomic E-state index is 11.8. The lowest BCUT2D eigenvalue weighted by Gasteiger charge is -2.25. The lowest BCUT2D eigenvalue weighted by Crippen LogP contribution is -2.34.